The molecule has 0 radical (unpaired) electrons. The van der Waals surface area contributed by atoms with Crippen LogP contribution in [0.25, 0.3) is 11.0 Å². The number of fused-ring (bicyclic) bond motifs is 1. The molecule has 0 aliphatic carbocycles. The van der Waals surface area contributed by atoms with Gasteiger partial charge >= 0.3 is 6.18 Å². The van der Waals surface area contributed by atoms with Crippen molar-refractivity contribution in [2.24, 2.45) is 0 Å². The van der Waals surface area contributed by atoms with Gasteiger partial charge in [-0.05, 0) is 24.6 Å². The molecule has 0 saturated carbocycles. The van der Waals surface area contributed by atoms with Crippen LogP contribution in [-0.4, -0.2) is 15.2 Å². The summed E-state index contributed by atoms with van der Waals surface area (Å²) in [6.45, 7) is 1.82. The van der Waals surface area contributed by atoms with Gasteiger partial charge in [0.15, 0.2) is 0 Å². The summed E-state index contributed by atoms with van der Waals surface area (Å²) in [4.78, 5) is 3.39. The summed E-state index contributed by atoms with van der Waals surface area (Å²) < 4.78 is 36.7. The first-order chi connectivity index (χ1) is 6.97. The Morgan fingerprint density at radius 2 is 1.80 bits per heavy atom. The van der Waals surface area contributed by atoms with E-state index >= 15 is 0 Å². The molecule has 0 unspecified atom stereocenters. The van der Waals surface area contributed by atoms with Crippen LogP contribution in [0.2, 0.25) is 0 Å². The smallest absolute Gasteiger partial charge is 0.221 e. The molecule has 0 atom stereocenters. The first-order valence-corrected chi connectivity index (χ1v) is 4.15. The average Bonchev–Trinajstić information content (AvgIpc) is 2.15. The Hall–Kier alpha value is -1.72. The van der Waals surface area contributed by atoms with Gasteiger partial charge < -0.3 is 0 Å². The molecule has 6 heteroatoms. The fourth-order valence-corrected chi connectivity index (χ4v) is 1.17. The van der Waals surface area contributed by atoms with Crippen LogP contribution < -0.4 is 0 Å². The minimum atomic E-state index is -4.55. The Balaban J connectivity index is 2.62. The van der Waals surface area contributed by atoms with Crippen molar-refractivity contribution in [2.75, 3.05) is 0 Å². The Morgan fingerprint density at radius 1 is 1.07 bits per heavy atom. The molecule has 0 aliphatic rings. The fraction of sp³-hybridized carbons (Fsp3) is 0.222. The third-order valence-electron chi connectivity index (χ3n) is 1.86. The van der Waals surface area contributed by atoms with Gasteiger partial charge in [0.05, 0.1) is 5.52 Å². The lowest BCUT2D eigenvalue weighted by Crippen LogP contribution is -2.12. The minimum Gasteiger partial charge on any atom is -0.221 e. The molecule has 0 amide bonds. The highest BCUT2D eigenvalue weighted by atomic mass is 19.4. The molecule has 3 nitrogen and oxygen atoms in total. The van der Waals surface area contributed by atoms with Crippen molar-refractivity contribution < 1.29 is 13.2 Å². The molecular weight excluding hydrogens is 207 g/mol. The van der Waals surface area contributed by atoms with Crippen molar-refractivity contribution in [3.63, 3.8) is 0 Å². The van der Waals surface area contributed by atoms with Crippen molar-refractivity contribution in [3.8, 4) is 0 Å². The normalized spacial score (nSPS) is 12.0. The number of hydrogen-bond acceptors (Lipinski definition) is 3. The van der Waals surface area contributed by atoms with Gasteiger partial charge in [-0.25, -0.2) is 4.98 Å². The van der Waals surface area contributed by atoms with Crippen molar-refractivity contribution >= 4 is 11.0 Å². The quantitative estimate of drug-likeness (QED) is 0.674. The van der Waals surface area contributed by atoms with Crippen LogP contribution in [-0.2, 0) is 6.18 Å². The highest BCUT2D eigenvalue weighted by Gasteiger charge is 2.35. The molecule has 2 aromatic rings. The molecule has 1 aromatic carbocycles. The van der Waals surface area contributed by atoms with Gasteiger partial charge in [0, 0.05) is 0 Å². The summed E-state index contributed by atoms with van der Waals surface area (Å²) in [6, 6.07) is 4.81. The number of alkyl halides is 3. The summed E-state index contributed by atoms with van der Waals surface area (Å²) in [5.41, 5.74) is 1.46. The first kappa shape index (κ1) is 9.82. The van der Waals surface area contributed by atoms with Crippen LogP contribution in [0.15, 0.2) is 18.2 Å². The number of benzene rings is 1. The Morgan fingerprint density at radius 3 is 2.47 bits per heavy atom. The van der Waals surface area contributed by atoms with Gasteiger partial charge in [0.25, 0.3) is 5.82 Å². The van der Waals surface area contributed by atoms with Crippen LogP contribution in [0.1, 0.15) is 11.4 Å². The number of aromatic nitrogens is 3. The Bertz CT molecular complexity index is 507. The van der Waals surface area contributed by atoms with E-state index in [4.69, 9.17) is 0 Å². The fourth-order valence-electron chi connectivity index (χ4n) is 1.17. The number of aryl methyl sites for hydroxylation is 1. The predicted molar refractivity (Wildman–Crippen MR) is 47.1 cm³/mol. The zero-order chi connectivity index (χ0) is 11.1. The zero-order valence-corrected chi connectivity index (χ0v) is 7.71. The third-order valence-corrected chi connectivity index (χ3v) is 1.86. The number of nitrogens with zero attached hydrogens (tertiary/aromatic N) is 3. The van der Waals surface area contributed by atoms with Gasteiger partial charge in [-0.2, -0.15) is 13.2 Å². The molecule has 0 aliphatic heterocycles. The highest BCUT2D eigenvalue weighted by molar-refractivity contribution is 5.74. The van der Waals surface area contributed by atoms with E-state index in [1.165, 1.54) is 6.07 Å². The summed E-state index contributed by atoms with van der Waals surface area (Å²) >= 11 is 0. The number of hydrogen-bond donors (Lipinski definition) is 0. The highest BCUT2D eigenvalue weighted by Crippen LogP contribution is 2.26. The van der Waals surface area contributed by atoms with Gasteiger partial charge in [-0.3, -0.25) is 0 Å². The van der Waals surface area contributed by atoms with E-state index in [0.717, 1.165) is 5.56 Å². The van der Waals surface area contributed by atoms with Crippen molar-refractivity contribution in [1.29, 1.82) is 0 Å². The largest absolute Gasteiger partial charge is 0.453 e. The lowest BCUT2D eigenvalue weighted by molar-refractivity contribution is -0.145. The molecule has 0 bridgehead atoms. The molecule has 0 N–H and O–H groups in total. The molecule has 0 saturated heterocycles. The second kappa shape index (κ2) is 3.15. The monoisotopic (exact) mass is 213 g/mol. The van der Waals surface area contributed by atoms with Crippen molar-refractivity contribution in [3.05, 3.63) is 29.6 Å². The van der Waals surface area contributed by atoms with E-state index in [1.807, 2.05) is 6.92 Å². The van der Waals surface area contributed by atoms with Crippen LogP contribution in [0.4, 0.5) is 13.2 Å². The molecule has 78 valence electrons. The van der Waals surface area contributed by atoms with E-state index in [0.29, 0.717) is 5.52 Å². The predicted octanol–water partition coefficient (Wildman–Crippen LogP) is 2.35. The zero-order valence-electron chi connectivity index (χ0n) is 7.71. The van der Waals surface area contributed by atoms with E-state index in [-0.39, 0.29) is 5.52 Å². The van der Waals surface area contributed by atoms with Crippen LogP contribution >= 0.6 is 0 Å². The first-order valence-electron chi connectivity index (χ1n) is 4.15. The Kier molecular flexibility index (Phi) is 2.06. The number of rotatable bonds is 0. The van der Waals surface area contributed by atoms with Crippen molar-refractivity contribution in [2.45, 2.75) is 13.1 Å². The van der Waals surface area contributed by atoms with E-state index in [2.05, 4.69) is 15.2 Å². The van der Waals surface area contributed by atoms with Gasteiger partial charge in [0.2, 0.25) is 0 Å². The lowest BCUT2D eigenvalue weighted by Gasteiger charge is -2.04. The van der Waals surface area contributed by atoms with Crippen LogP contribution in [0, 0.1) is 6.92 Å². The summed E-state index contributed by atoms with van der Waals surface area (Å²) in [7, 11) is 0. The summed E-state index contributed by atoms with van der Waals surface area (Å²) in [5, 5.41) is 6.51. The number of halogens is 3. The molecule has 1 heterocycles. The van der Waals surface area contributed by atoms with Crippen LogP contribution in [0.5, 0.6) is 0 Å². The summed E-state index contributed by atoms with van der Waals surface area (Å²) in [6.07, 6.45) is -4.55. The maximum atomic E-state index is 12.2. The van der Waals surface area contributed by atoms with Gasteiger partial charge in [-0.1, -0.05) is 6.07 Å². The minimum absolute atomic E-state index is 0.197. The standard InChI is InChI=1S/C9H6F3N3/c1-5-2-3-6-7(4-5)14-15-8(13-6)9(10,11)12/h2-4H,1H3. The third kappa shape index (κ3) is 1.88. The second-order valence-corrected chi connectivity index (χ2v) is 3.13. The maximum absolute atomic E-state index is 12.2. The molecular formula is C9H6F3N3. The van der Waals surface area contributed by atoms with Gasteiger partial charge in [0.1, 0.15) is 5.52 Å². The van der Waals surface area contributed by atoms with E-state index in [9.17, 15) is 13.2 Å². The molecule has 0 spiro atoms. The Labute approximate surface area is 83.0 Å². The average molecular weight is 213 g/mol. The molecule has 0 fully saturated rings. The second-order valence-electron chi connectivity index (χ2n) is 3.13. The van der Waals surface area contributed by atoms with Crippen molar-refractivity contribution in [1.82, 2.24) is 15.2 Å². The van der Waals surface area contributed by atoms with E-state index < -0.39 is 12.0 Å². The van der Waals surface area contributed by atoms with Crippen LogP contribution in [0.3, 0.4) is 0 Å². The topological polar surface area (TPSA) is 38.7 Å². The lowest BCUT2D eigenvalue weighted by atomic mass is 10.2. The molecule has 1 aromatic heterocycles. The SMILES string of the molecule is Cc1ccc2nc(C(F)(F)F)nnc2c1. The van der Waals surface area contributed by atoms with E-state index in [1.54, 1.807) is 12.1 Å². The van der Waals surface area contributed by atoms with Gasteiger partial charge in [-0.15, -0.1) is 10.2 Å². The summed E-state index contributed by atoms with van der Waals surface area (Å²) in [5.74, 6) is -1.21. The molecule has 2 rings (SSSR count). The maximum Gasteiger partial charge on any atom is 0.453 e. The molecule has 15 heavy (non-hydrogen) atoms.